The van der Waals surface area contributed by atoms with Gasteiger partial charge in [-0.05, 0) is 28.1 Å². The second-order valence-electron chi connectivity index (χ2n) is 3.39. The molecule has 2 heterocycles. The van der Waals surface area contributed by atoms with Gasteiger partial charge < -0.3 is 15.2 Å². The molecule has 2 rings (SSSR count). The molecular formula is C10H10BrN3O2. The number of carboxylic acids is 1. The van der Waals surface area contributed by atoms with Crippen LogP contribution in [0.25, 0.3) is 5.52 Å². The predicted octanol–water partition coefficient (Wildman–Crippen LogP) is 1.70. The predicted molar refractivity (Wildman–Crippen MR) is 63.3 cm³/mol. The van der Waals surface area contributed by atoms with Crippen molar-refractivity contribution >= 4 is 33.1 Å². The number of fused-ring (bicyclic) bond motifs is 1. The molecule has 3 N–H and O–H groups in total. The van der Waals surface area contributed by atoms with Crippen molar-refractivity contribution in [2.24, 2.45) is 0 Å². The summed E-state index contributed by atoms with van der Waals surface area (Å²) in [6.07, 6.45) is 2.26. The molecule has 0 aliphatic rings. The lowest BCUT2D eigenvalue weighted by Gasteiger charge is -2.01. The number of rotatable bonds is 3. The number of anilines is 1. The van der Waals surface area contributed by atoms with Crippen molar-refractivity contribution in [3.05, 3.63) is 28.8 Å². The zero-order chi connectivity index (χ0) is 11.7. The number of carbonyl (C=O) groups is 1. The van der Waals surface area contributed by atoms with Gasteiger partial charge in [-0.25, -0.2) is 4.98 Å². The Balaban J connectivity index is 2.47. The molecule has 0 aromatic carbocycles. The lowest BCUT2D eigenvalue weighted by molar-refractivity contribution is -0.137. The maximum atomic E-state index is 10.5. The Morgan fingerprint density at radius 1 is 1.62 bits per heavy atom. The van der Waals surface area contributed by atoms with E-state index in [4.69, 9.17) is 10.8 Å². The van der Waals surface area contributed by atoms with E-state index in [9.17, 15) is 4.79 Å². The Hall–Kier alpha value is -1.56. The van der Waals surface area contributed by atoms with Crippen LogP contribution in [-0.2, 0) is 11.2 Å². The van der Waals surface area contributed by atoms with E-state index in [2.05, 4.69) is 20.9 Å². The lowest BCUT2D eigenvalue weighted by Crippen LogP contribution is -2.01. The second-order valence-corrected chi connectivity index (χ2v) is 4.15. The van der Waals surface area contributed by atoms with E-state index >= 15 is 0 Å². The molecule has 0 saturated carbocycles. The van der Waals surface area contributed by atoms with Crippen molar-refractivity contribution in [1.29, 1.82) is 0 Å². The van der Waals surface area contributed by atoms with Crippen LogP contribution in [0, 0.1) is 0 Å². The third-order valence-electron chi connectivity index (χ3n) is 2.29. The largest absolute Gasteiger partial charge is 0.481 e. The summed E-state index contributed by atoms with van der Waals surface area (Å²) in [5.41, 5.74) is 7.21. The molecule has 0 saturated heterocycles. The minimum absolute atomic E-state index is 0.0559. The average molecular weight is 284 g/mol. The zero-order valence-electron chi connectivity index (χ0n) is 8.35. The van der Waals surface area contributed by atoms with Gasteiger partial charge in [-0.3, -0.25) is 4.79 Å². The number of imidazole rings is 1. The first-order valence-electron chi connectivity index (χ1n) is 4.72. The van der Waals surface area contributed by atoms with Crippen molar-refractivity contribution in [3.63, 3.8) is 0 Å². The summed E-state index contributed by atoms with van der Waals surface area (Å²) >= 11 is 3.32. The van der Waals surface area contributed by atoms with Crippen LogP contribution in [-0.4, -0.2) is 20.5 Å². The molecule has 0 spiro atoms. The number of pyridine rings is 1. The fourth-order valence-corrected chi connectivity index (χ4v) is 2.20. The van der Waals surface area contributed by atoms with Gasteiger partial charge in [-0.2, -0.15) is 0 Å². The molecule has 0 aliphatic heterocycles. The second kappa shape index (κ2) is 4.13. The van der Waals surface area contributed by atoms with Crippen molar-refractivity contribution in [2.75, 3.05) is 5.73 Å². The number of aryl methyl sites for hydroxylation is 1. The highest BCUT2D eigenvalue weighted by Crippen LogP contribution is 2.24. The summed E-state index contributed by atoms with van der Waals surface area (Å²) in [6, 6.07) is 3.59. The van der Waals surface area contributed by atoms with Crippen molar-refractivity contribution in [2.45, 2.75) is 12.8 Å². The number of nitrogens with two attached hydrogens (primary N) is 1. The Kier molecular flexibility index (Phi) is 2.82. The summed E-state index contributed by atoms with van der Waals surface area (Å²) in [7, 11) is 0. The molecule has 84 valence electrons. The third kappa shape index (κ3) is 1.88. The number of nitrogen functional groups attached to an aromatic ring is 1. The highest BCUT2D eigenvalue weighted by molar-refractivity contribution is 9.10. The first-order valence-corrected chi connectivity index (χ1v) is 5.51. The van der Waals surface area contributed by atoms with Gasteiger partial charge in [0.25, 0.3) is 0 Å². The van der Waals surface area contributed by atoms with Gasteiger partial charge in [0.1, 0.15) is 15.9 Å². The van der Waals surface area contributed by atoms with Crippen LogP contribution in [0.1, 0.15) is 12.2 Å². The average Bonchev–Trinajstić information content (AvgIpc) is 2.54. The van der Waals surface area contributed by atoms with Gasteiger partial charge in [-0.1, -0.05) is 0 Å². The lowest BCUT2D eigenvalue weighted by atomic mass is 10.3. The van der Waals surface area contributed by atoms with Gasteiger partial charge in [0.15, 0.2) is 0 Å². The smallest absolute Gasteiger partial charge is 0.303 e. The number of nitrogens with zero attached hydrogens (tertiary/aromatic N) is 2. The van der Waals surface area contributed by atoms with Crippen molar-refractivity contribution < 1.29 is 9.90 Å². The third-order valence-corrected chi connectivity index (χ3v) is 2.84. The molecule has 0 bridgehead atoms. The van der Waals surface area contributed by atoms with Gasteiger partial charge in [0.05, 0.1) is 12.1 Å². The van der Waals surface area contributed by atoms with Crippen LogP contribution < -0.4 is 5.73 Å². The molecule has 6 heteroatoms. The maximum Gasteiger partial charge on any atom is 0.303 e. The molecule has 0 aliphatic carbocycles. The van der Waals surface area contributed by atoms with Crippen LogP contribution in [0.4, 0.5) is 5.69 Å². The topological polar surface area (TPSA) is 80.6 Å². The zero-order valence-corrected chi connectivity index (χ0v) is 9.94. The van der Waals surface area contributed by atoms with Crippen molar-refractivity contribution in [1.82, 2.24) is 9.38 Å². The number of hydrogen-bond acceptors (Lipinski definition) is 3. The van der Waals surface area contributed by atoms with E-state index in [0.717, 1.165) is 5.52 Å². The Morgan fingerprint density at radius 2 is 2.38 bits per heavy atom. The van der Waals surface area contributed by atoms with Crippen LogP contribution in [0.15, 0.2) is 22.9 Å². The summed E-state index contributed by atoms with van der Waals surface area (Å²) < 4.78 is 2.45. The quantitative estimate of drug-likeness (QED) is 0.898. The standard InChI is InChI=1S/C10H10BrN3O2/c11-10-9-6(12)2-1-5-14(9)7(13-10)3-4-8(15)16/h1-2,5H,3-4,12H2,(H,15,16). The van der Waals surface area contributed by atoms with Gasteiger partial charge in [-0.15, -0.1) is 0 Å². The van der Waals surface area contributed by atoms with E-state index < -0.39 is 5.97 Å². The van der Waals surface area contributed by atoms with Crippen LogP contribution in [0.2, 0.25) is 0 Å². The first kappa shape index (κ1) is 10.9. The van der Waals surface area contributed by atoms with Crippen molar-refractivity contribution in [3.8, 4) is 0 Å². The summed E-state index contributed by atoms with van der Waals surface area (Å²) in [6.45, 7) is 0. The van der Waals surface area contributed by atoms with Gasteiger partial charge in [0.2, 0.25) is 0 Å². The molecular weight excluding hydrogens is 274 g/mol. The van der Waals surface area contributed by atoms with Crippen LogP contribution >= 0.6 is 15.9 Å². The normalized spacial score (nSPS) is 10.8. The number of aliphatic carboxylic acids is 1. The Morgan fingerprint density at radius 3 is 3.06 bits per heavy atom. The Labute approximate surface area is 100 Å². The highest BCUT2D eigenvalue weighted by atomic mass is 79.9. The number of carboxylic acid groups (broad SMARTS) is 1. The highest BCUT2D eigenvalue weighted by Gasteiger charge is 2.11. The van der Waals surface area contributed by atoms with E-state index in [1.165, 1.54) is 0 Å². The summed E-state index contributed by atoms with van der Waals surface area (Å²) in [5, 5.41) is 8.63. The van der Waals surface area contributed by atoms with Crippen LogP contribution in [0.5, 0.6) is 0 Å². The fraction of sp³-hybridized carbons (Fsp3) is 0.200. The minimum Gasteiger partial charge on any atom is -0.481 e. The molecule has 0 atom stereocenters. The van der Waals surface area contributed by atoms with E-state index in [1.807, 2.05) is 10.6 Å². The number of hydrogen-bond donors (Lipinski definition) is 2. The molecule has 0 fully saturated rings. The van der Waals surface area contributed by atoms with Gasteiger partial charge in [0, 0.05) is 12.6 Å². The van der Waals surface area contributed by atoms with E-state index in [1.54, 1.807) is 12.1 Å². The molecule has 2 aromatic heterocycles. The summed E-state index contributed by atoms with van der Waals surface area (Å²) in [4.78, 5) is 14.8. The first-order chi connectivity index (χ1) is 7.59. The molecule has 2 aromatic rings. The monoisotopic (exact) mass is 283 g/mol. The van der Waals surface area contributed by atoms with E-state index in [0.29, 0.717) is 22.5 Å². The molecule has 0 amide bonds. The van der Waals surface area contributed by atoms with Gasteiger partial charge >= 0.3 is 5.97 Å². The molecule has 0 radical (unpaired) electrons. The fourth-order valence-electron chi connectivity index (χ4n) is 1.57. The van der Waals surface area contributed by atoms with E-state index in [-0.39, 0.29) is 6.42 Å². The maximum absolute atomic E-state index is 10.5. The Bertz CT molecular complexity index is 550. The number of aromatic nitrogens is 2. The minimum atomic E-state index is -0.836. The molecule has 16 heavy (non-hydrogen) atoms. The van der Waals surface area contributed by atoms with Crippen LogP contribution in [0.3, 0.4) is 0 Å². The number of halogens is 1. The molecule has 0 unspecified atom stereocenters. The SMILES string of the molecule is Nc1cccn2c(CCC(=O)O)nc(Br)c12. The molecule has 5 nitrogen and oxygen atoms in total. The summed E-state index contributed by atoms with van der Waals surface area (Å²) in [5.74, 6) is -0.145.